The summed E-state index contributed by atoms with van der Waals surface area (Å²) < 4.78 is 5.13. The van der Waals surface area contributed by atoms with E-state index in [2.05, 4.69) is 5.16 Å². The van der Waals surface area contributed by atoms with Crippen molar-refractivity contribution in [2.75, 3.05) is 6.61 Å². The number of hydrogen-bond acceptors (Lipinski definition) is 5. The van der Waals surface area contributed by atoms with Gasteiger partial charge in [-0.1, -0.05) is 35.5 Å². The lowest BCUT2D eigenvalue weighted by Gasteiger charge is -2.05. The van der Waals surface area contributed by atoms with Crippen molar-refractivity contribution in [1.29, 1.82) is 0 Å². The van der Waals surface area contributed by atoms with Crippen LogP contribution in [-0.4, -0.2) is 24.3 Å². The molecule has 1 amide bonds. The van der Waals surface area contributed by atoms with Gasteiger partial charge in [0.25, 0.3) is 5.91 Å². The van der Waals surface area contributed by atoms with Crippen LogP contribution in [-0.2, 0) is 20.8 Å². The summed E-state index contributed by atoms with van der Waals surface area (Å²) >= 11 is 0. The highest BCUT2D eigenvalue weighted by Gasteiger charge is 2.06. The van der Waals surface area contributed by atoms with Crippen molar-refractivity contribution in [2.45, 2.75) is 6.42 Å². The van der Waals surface area contributed by atoms with Gasteiger partial charge in [-0.15, -0.1) is 0 Å². The molecular weight excluding hydrogens is 310 g/mol. The van der Waals surface area contributed by atoms with Gasteiger partial charge in [0.1, 0.15) is 5.75 Å². The third kappa shape index (κ3) is 5.45. The molecule has 0 bridgehead atoms. The van der Waals surface area contributed by atoms with Gasteiger partial charge in [-0.2, -0.15) is 0 Å². The largest absolute Gasteiger partial charge is 0.484 e. The summed E-state index contributed by atoms with van der Waals surface area (Å²) in [4.78, 5) is 27.1. The van der Waals surface area contributed by atoms with Gasteiger partial charge in [0.05, 0.1) is 6.42 Å². The first-order valence-electron chi connectivity index (χ1n) is 7.13. The van der Waals surface area contributed by atoms with Crippen LogP contribution in [0.25, 0.3) is 0 Å². The van der Waals surface area contributed by atoms with Gasteiger partial charge in [-0.25, -0.2) is 4.79 Å². The van der Waals surface area contributed by atoms with Crippen molar-refractivity contribution >= 4 is 17.7 Å². The standard InChI is InChI=1S/C17H17N3O4/c18-15(21)11-23-14-8-6-13(7-9-14)17(19)20-24-16(22)10-12-4-2-1-3-5-12/h1-9H,10-11H2,(H2,18,21)(H2,19,20). The quantitative estimate of drug-likeness (QED) is 0.340. The minimum atomic E-state index is -0.564. The second kappa shape index (κ2) is 8.33. The maximum absolute atomic E-state index is 11.7. The van der Waals surface area contributed by atoms with Crippen LogP contribution in [0.2, 0.25) is 0 Å². The number of oxime groups is 1. The number of carbonyl (C=O) groups is 2. The molecule has 2 aromatic carbocycles. The van der Waals surface area contributed by atoms with E-state index in [1.807, 2.05) is 30.3 Å². The number of benzene rings is 2. The fourth-order valence-electron chi connectivity index (χ4n) is 1.82. The molecule has 4 N–H and O–H groups in total. The molecule has 0 aromatic heterocycles. The van der Waals surface area contributed by atoms with E-state index in [0.29, 0.717) is 11.3 Å². The molecule has 0 heterocycles. The van der Waals surface area contributed by atoms with Crippen molar-refractivity contribution < 1.29 is 19.2 Å². The fourth-order valence-corrected chi connectivity index (χ4v) is 1.82. The number of hydrogen-bond donors (Lipinski definition) is 2. The summed E-state index contributed by atoms with van der Waals surface area (Å²) in [5, 5.41) is 3.62. The first-order chi connectivity index (χ1) is 11.5. The first kappa shape index (κ1) is 17.0. The second-order valence-corrected chi connectivity index (χ2v) is 4.88. The zero-order chi connectivity index (χ0) is 17.4. The third-order valence-corrected chi connectivity index (χ3v) is 2.97. The molecule has 0 aliphatic rings. The first-order valence-corrected chi connectivity index (χ1v) is 7.13. The van der Waals surface area contributed by atoms with Crippen LogP contribution < -0.4 is 16.2 Å². The smallest absolute Gasteiger partial charge is 0.339 e. The topological polar surface area (TPSA) is 117 Å². The SMILES string of the molecule is NC(=O)COc1ccc(/C(N)=N/OC(=O)Cc2ccccc2)cc1. The molecule has 7 heteroatoms. The second-order valence-electron chi connectivity index (χ2n) is 4.88. The molecule has 0 saturated heterocycles. The molecule has 0 aliphatic heterocycles. The molecule has 0 spiro atoms. The molecule has 7 nitrogen and oxygen atoms in total. The molecule has 124 valence electrons. The van der Waals surface area contributed by atoms with Crippen molar-refractivity contribution in [3.63, 3.8) is 0 Å². The van der Waals surface area contributed by atoms with Crippen LogP contribution in [0.3, 0.4) is 0 Å². The summed E-state index contributed by atoms with van der Waals surface area (Å²) in [5.41, 5.74) is 12.1. The van der Waals surface area contributed by atoms with Gasteiger partial charge in [0.2, 0.25) is 0 Å². The molecule has 0 atom stereocenters. The van der Waals surface area contributed by atoms with E-state index in [9.17, 15) is 9.59 Å². The Bertz CT molecular complexity index is 727. The van der Waals surface area contributed by atoms with Crippen LogP contribution in [0.1, 0.15) is 11.1 Å². The maximum atomic E-state index is 11.7. The lowest BCUT2D eigenvalue weighted by Crippen LogP contribution is -2.20. The highest BCUT2D eigenvalue weighted by molar-refractivity contribution is 5.97. The molecule has 24 heavy (non-hydrogen) atoms. The Hall–Kier alpha value is -3.35. The van der Waals surface area contributed by atoms with Gasteiger partial charge in [-0.3, -0.25) is 4.79 Å². The Morgan fingerprint density at radius 2 is 1.62 bits per heavy atom. The predicted octanol–water partition coefficient (Wildman–Crippen LogP) is 0.957. The summed E-state index contributed by atoms with van der Waals surface area (Å²) in [6, 6.07) is 15.6. The zero-order valence-corrected chi connectivity index (χ0v) is 12.8. The third-order valence-electron chi connectivity index (χ3n) is 2.97. The molecule has 0 saturated carbocycles. The lowest BCUT2D eigenvalue weighted by molar-refractivity contribution is -0.142. The Morgan fingerprint density at radius 3 is 2.25 bits per heavy atom. The number of primary amides is 1. The van der Waals surface area contributed by atoms with E-state index in [1.165, 1.54) is 0 Å². The highest BCUT2D eigenvalue weighted by Crippen LogP contribution is 2.12. The Morgan fingerprint density at radius 1 is 0.958 bits per heavy atom. The molecule has 0 aliphatic carbocycles. The van der Waals surface area contributed by atoms with E-state index < -0.39 is 11.9 Å². The number of carbonyl (C=O) groups excluding carboxylic acids is 2. The van der Waals surface area contributed by atoms with E-state index in [0.717, 1.165) is 5.56 Å². The van der Waals surface area contributed by atoms with Crippen LogP contribution in [0.4, 0.5) is 0 Å². The van der Waals surface area contributed by atoms with Crippen molar-refractivity contribution in [1.82, 2.24) is 0 Å². The van der Waals surface area contributed by atoms with Gasteiger partial charge in [-0.05, 0) is 29.8 Å². The normalized spacial score (nSPS) is 10.9. The number of amides is 1. The number of nitrogens with zero attached hydrogens (tertiary/aromatic N) is 1. The van der Waals surface area contributed by atoms with E-state index in [4.69, 9.17) is 21.0 Å². The summed E-state index contributed by atoms with van der Waals surface area (Å²) in [6.07, 6.45) is 0.109. The van der Waals surface area contributed by atoms with Gasteiger partial charge >= 0.3 is 5.97 Å². The van der Waals surface area contributed by atoms with Crippen LogP contribution in [0, 0.1) is 0 Å². The predicted molar refractivity (Wildman–Crippen MR) is 88.1 cm³/mol. The Balaban J connectivity index is 1.90. The number of amidine groups is 1. The van der Waals surface area contributed by atoms with Crippen LogP contribution >= 0.6 is 0 Å². The van der Waals surface area contributed by atoms with Crippen LogP contribution in [0.5, 0.6) is 5.75 Å². The summed E-state index contributed by atoms with van der Waals surface area (Å²) in [7, 11) is 0. The number of rotatable bonds is 7. The van der Waals surface area contributed by atoms with Crippen molar-refractivity contribution in [3.05, 3.63) is 65.7 Å². The van der Waals surface area contributed by atoms with E-state index >= 15 is 0 Å². The number of ether oxygens (including phenoxy) is 1. The molecular formula is C17H17N3O4. The molecule has 0 unspecified atom stereocenters. The molecule has 0 fully saturated rings. The minimum absolute atomic E-state index is 0.0536. The molecule has 0 radical (unpaired) electrons. The molecule has 2 aromatic rings. The average molecular weight is 327 g/mol. The van der Waals surface area contributed by atoms with E-state index in [1.54, 1.807) is 24.3 Å². The van der Waals surface area contributed by atoms with Gasteiger partial charge in [0, 0.05) is 5.56 Å². The average Bonchev–Trinajstić information content (AvgIpc) is 2.59. The summed E-state index contributed by atoms with van der Waals surface area (Å²) in [5.74, 6) is -0.555. The minimum Gasteiger partial charge on any atom is -0.484 e. The monoisotopic (exact) mass is 327 g/mol. The Labute approximate surface area is 138 Å². The summed E-state index contributed by atoms with van der Waals surface area (Å²) in [6.45, 7) is -0.208. The van der Waals surface area contributed by atoms with Crippen molar-refractivity contribution in [3.8, 4) is 5.75 Å². The van der Waals surface area contributed by atoms with E-state index in [-0.39, 0.29) is 18.9 Å². The van der Waals surface area contributed by atoms with Gasteiger partial charge in [0.15, 0.2) is 12.4 Å². The van der Waals surface area contributed by atoms with Gasteiger partial charge < -0.3 is 21.0 Å². The zero-order valence-electron chi connectivity index (χ0n) is 12.8. The highest BCUT2D eigenvalue weighted by atomic mass is 16.7. The maximum Gasteiger partial charge on any atom is 0.339 e. The Kier molecular flexibility index (Phi) is 5.90. The molecule has 2 rings (SSSR count). The fraction of sp³-hybridized carbons (Fsp3) is 0.118. The number of nitrogens with two attached hydrogens (primary N) is 2. The van der Waals surface area contributed by atoms with Crippen LogP contribution in [0.15, 0.2) is 59.8 Å². The lowest BCUT2D eigenvalue weighted by atomic mass is 10.2. The van der Waals surface area contributed by atoms with Crippen molar-refractivity contribution in [2.24, 2.45) is 16.6 Å².